The van der Waals surface area contributed by atoms with Gasteiger partial charge in [-0.2, -0.15) is 0 Å². The Bertz CT molecular complexity index is 933. The number of halogens is 1. The summed E-state index contributed by atoms with van der Waals surface area (Å²) in [6.07, 6.45) is 0. The van der Waals surface area contributed by atoms with Crippen LogP contribution < -0.4 is 0 Å². The Morgan fingerprint density at radius 1 is 1.09 bits per heavy atom. The van der Waals surface area contributed by atoms with Gasteiger partial charge in [0.05, 0.1) is 4.90 Å². The second-order valence-corrected chi connectivity index (χ2v) is 7.38. The molecule has 1 aliphatic heterocycles. The molecule has 0 amide bonds. The predicted octanol–water partition coefficient (Wildman–Crippen LogP) is 3.08. The van der Waals surface area contributed by atoms with Crippen molar-refractivity contribution in [1.29, 1.82) is 0 Å². The number of fused-ring (bicyclic) bond motifs is 1. The number of likely N-dealkylation sites (N-methyl/N-ethyl adjacent to an activating group) is 1. The standard InChI is InChI=1S/C16H12ClNO4S/c1-18-14(15(19)10-6-8-11(17)9-7-10)16(20)12-4-2-3-5-13(12)23(18,21)22/h2-9,19H,1H3. The van der Waals surface area contributed by atoms with E-state index in [9.17, 15) is 18.3 Å². The second-order valence-electron chi connectivity index (χ2n) is 5.00. The lowest BCUT2D eigenvalue weighted by Gasteiger charge is -2.28. The van der Waals surface area contributed by atoms with Gasteiger partial charge in [0.2, 0.25) is 5.78 Å². The monoisotopic (exact) mass is 349 g/mol. The molecule has 0 unspecified atom stereocenters. The van der Waals surface area contributed by atoms with Gasteiger partial charge in [0, 0.05) is 23.2 Å². The molecule has 1 N–H and O–H groups in total. The van der Waals surface area contributed by atoms with Gasteiger partial charge in [0.1, 0.15) is 5.70 Å². The number of ketones is 1. The first kappa shape index (κ1) is 15.6. The number of aliphatic hydroxyl groups is 1. The number of rotatable bonds is 1. The third kappa shape index (κ3) is 2.40. The first-order chi connectivity index (χ1) is 10.8. The number of hydrogen-bond donors (Lipinski definition) is 1. The van der Waals surface area contributed by atoms with E-state index in [2.05, 4.69) is 0 Å². The molecule has 0 atom stereocenters. The van der Waals surface area contributed by atoms with Crippen LogP contribution in [0.5, 0.6) is 0 Å². The Morgan fingerprint density at radius 3 is 2.35 bits per heavy atom. The van der Waals surface area contributed by atoms with Gasteiger partial charge in [-0.05, 0) is 36.4 Å². The summed E-state index contributed by atoms with van der Waals surface area (Å²) >= 11 is 5.80. The number of Topliss-reactive ketones (excluding diaryl/α,β-unsaturated/α-hetero) is 1. The molecule has 0 aliphatic carbocycles. The Labute approximate surface area is 138 Å². The number of carbonyl (C=O) groups excluding carboxylic acids is 1. The molecule has 2 aromatic carbocycles. The van der Waals surface area contributed by atoms with Crippen molar-refractivity contribution in [3.05, 3.63) is 70.4 Å². The van der Waals surface area contributed by atoms with Gasteiger partial charge < -0.3 is 5.11 Å². The summed E-state index contributed by atoms with van der Waals surface area (Å²) < 4.78 is 25.9. The van der Waals surface area contributed by atoms with Crippen LogP contribution in [0.4, 0.5) is 0 Å². The van der Waals surface area contributed by atoms with Gasteiger partial charge >= 0.3 is 0 Å². The van der Waals surface area contributed by atoms with Crippen LogP contribution in [-0.2, 0) is 10.0 Å². The van der Waals surface area contributed by atoms with Crippen molar-refractivity contribution in [3.63, 3.8) is 0 Å². The summed E-state index contributed by atoms with van der Waals surface area (Å²) in [4.78, 5) is 12.6. The maximum Gasteiger partial charge on any atom is 0.265 e. The molecule has 1 heterocycles. The molecule has 0 fully saturated rings. The van der Waals surface area contributed by atoms with Crippen LogP contribution in [0.1, 0.15) is 15.9 Å². The molecule has 0 saturated carbocycles. The number of hydrogen-bond acceptors (Lipinski definition) is 4. The topological polar surface area (TPSA) is 74.7 Å². The summed E-state index contributed by atoms with van der Waals surface area (Å²) in [5, 5.41) is 10.9. The largest absolute Gasteiger partial charge is 0.505 e. The fourth-order valence-corrected chi connectivity index (χ4v) is 3.94. The van der Waals surface area contributed by atoms with Crippen LogP contribution >= 0.6 is 11.6 Å². The molecule has 0 saturated heterocycles. The van der Waals surface area contributed by atoms with Gasteiger partial charge in [-0.25, -0.2) is 8.42 Å². The van der Waals surface area contributed by atoms with E-state index < -0.39 is 21.6 Å². The number of allylic oxidation sites excluding steroid dienone is 1. The lowest BCUT2D eigenvalue weighted by atomic mass is 10.0. The molecular weight excluding hydrogens is 338 g/mol. The van der Waals surface area contributed by atoms with Crippen LogP contribution in [0.15, 0.2) is 59.1 Å². The highest BCUT2D eigenvalue weighted by molar-refractivity contribution is 7.89. The van der Waals surface area contributed by atoms with Crippen molar-refractivity contribution in [2.75, 3.05) is 7.05 Å². The van der Waals surface area contributed by atoms with Gasteiger partial charge in [-0.15, -0.1) is 0 Å². The number of aliphatic hydroxyl groups excluding tert-OH is 1. The first-order valence-corrected chi connectivity index (χ1v) is 8.47. The van der Waals surface area contributed by atoms with E-state index in [-0.39, 0.29) is 16.2 Å². The summed E-state index contributed by atoms with van der Waals surface area (Å²) in [5.74, 6) is -0.961. The Balaban J connectivity index is 2.27. The van der Waals surface area contributed by atoms with Crippen molar-refractivity contribution >= 4 is 33.2 Å². The molecule has 1 aliphatic rings. The SMILES string of the molecule is CN1C(=C(O)c2ccc(Cl)cc2)C(=O)c2ccccc2S1(=O)=O. The van der Waals surface area contributed by atoms with Gasteiger partial charge in [-0.3, -0.25) is 9.10 Å². The molecule has 118 valence electrons. The molecule has 5 nitrogen and oxygen atoms in total. The molecule has 0 radical (unpaired) electrons. The smallest absolute Gasteiger partial charge is 0.265 e. The van der Waals surface area contributed by atoms with E-state index in [0.717, 1.165) is 4.31 Å². The summed E-state index contributed by atoms with van der Waals surface area (Å²) in [6.45, 7) is 0. The van der Waals surface area contributed by atoms with Crippen molar-refractivity contribution in [2.24, 2.45) is 0 Å². The van der Waals surface area contributed by atoms with E-state index in [0.29, 0.717) is 10.6 Å². The highest BCUT2D eigenvalue weighted by Crippen LogP contribution is 2.34. The fraction of sp³-hybridized carbons (Fsp3) is 0.0625. The number of nitrogens with zero attached hydrogens (tertiary/aromatic N) is 1. The maximum atomic E-state index is 12.6. The molecule has 3 rings (SSSR count). The van der Waals surface area contributed by atoms with Crippen LogP contribution in [0.2, 0.25) is 5.02 Å². The zero-order valence-electron chi connectivity index (χ0n) is 12.0. The van der Waals surface area contributed by atoms with E-state index in [1.54, 1.807) is 24.3 Å². The summed E-state index contributed by atoms with van der Waals surface area (Å²) in [6, 6.07) is 12.0. The maximum absolute atomic E-state index is 12.6. The minimum Gasteiger partial charge on any atom is -0.505 e. The predicted molar refractivity (Wildman–Crippen MR) is 86.7 cm³/mol. The van der Waals surface area contributed by atoms with Gasteiger partial charge in [-0.1, -0.05) is 23.7 Å². The zero-order valence-corrected chi connectivity index (χ0v) is 13.6. The number of benzene rings is 2. The number of sulfonamides is 1. The highest BCUT2D eigenvalue weighted by atomic mass is 35.5. The number of carbonyl (C=O) groups is 1. The highest BCUT2D eigenvalue weighted by Gasteiger charge is 2.39. The van der Waals surface area contributed by atoms with Gasteiger partial charge in [0.15, 0.2) is 5.76 Å². The van der Waals surface area contributed by atoms with Crippen LogP contribution in [0.25, 0.3) is 5.76 Å². The lowest BCUT2D eigenvalue weighted by molar-refractivity contribution is 0.100. The molecule has 0 spiro atoms. The minimum atomic E-state index is -3.90. The first-order valence-electron chi connectivity index (χ1n) is 6.66. The average Bonchev–Trinajstić information content (AvgIpc) is 2.54. The van der Waals surface area contributed by atoms with Crippen molar-refractivity contribution in [1.82, 2.24) is 4.31 Å². The molecule has 23 heavy (non-hydrogen) atoms. The lowest BCUT2D eigenvalue weighted by Crippen LogP contribution is -2.37. The zero-order chi connectivity index (χ0) is 16.8. The van der Waals surface area contributed by atoms with Crippen LogP contribution in [0, 0.1) is 0 Å². The molecule has 0 aromatic heterocycles. The Hall–Kier alpha value is -2.31. The normalized spacial score (nSPS) is 18.5. The second kappa shape index (κ2) is 5.40. The quantitative estimate of drug-likeness (QED) is 0.634. The summed E-state index contributed by atoms with van der Waals surface area (Å²) in [5.41, 5.74) is 0.0614. The van der Waals surface area contributed by atoms with Crippen molar-refractivity contribution in [3.8, 4) is 0 Å². The molecule has 2 aromatic rings. The third-order valence-corrected chi connectivity index (χ3v) is 5.71. The van der Waals surface area contributed by atoms with Crippen LogP contribution in [0.3, 0.4) is 0 Å². The summed E-state index contributed by atoms with van der Waals surface area (Å²) in [7, 11) is -2.65. The van der Waals surface area contributed by atoms with Gasteiger partial charge in [0.25, 0.3) is 10.0 Å². The van der Waals surface area contributed by atoms with Crippen LogP contribution in [-0.4, -0.2) is 30.7 Å². The average molecular weight is 350 g/mol. The Kier molecular flexibility index (Phi) is 3.66. The van der Waals surface area contributed by atoms with E-state index in [4.69, 9.17) is 11.6 Å². The third-order valence-electron chi connectivity index (χ3n) is 3.64. The molecule has 7 heteroatoms. The van der Waals surface area contributed by atoms with E-state index in [1.165, 1.54) is 31.3 Å². The van der Waals surface area contributed by atoms with E-state index >= 15 is 0 Å². The molecular formula is C16H12ClNO4S. The minimum absolute atomic E-state index is 0.0427. The molecule has 0 bridgehead atoms. The Morgan fingerprint density at radius 2 is 1.70 bits per heavy atom. The van der Waals surface area contributed by atoms with Crippen molar-refractivity contribution in [2.45, 2.75) is 4.90 Å². The van der Waals surface area contributed by atoms with E-state index in [1.807, 2.05) is 0 Å². The van der Waals surface area contributed by atoms with Crippen molar-refractivity contribution < 1.29 is 18.3 Å². The fourth-order valence-electron chi connectivity index (χ4n) is 2.42.